The van der Waals surface area contributed by atoms with E-state index in [2.05, 4.69) is 0 Å². The number of fused-ring (bicyclic) bond motifs is 1. The number of primary amides is 1. The highest BCUT2D eigenvalue weighted by molar-refractivity contribution is 7.14. The van der Waals surface area contributed by atoms with Gasteiger partial charge < -0.3 is 5.73 Å². The predicted molar refractivity (Wildman–Crippen MR) is 89.6 cm³/mol. The fourth-order valence-corrected chi connectivity index (χ4v) is 3.58. The molecule has 4 nitrogen and oxygen atoms in total. The summed E-state index contributed by atoms with van der Waals surface area (Å²) in [6.45, 7) is 1.93. The summed E-state index contributed by atoms with van der Waals surface area (Å²) < 4.78 is 2.62. The van der Waals surface area contributed by atoms with Crippen molar-refractivity contribution in [3.05, 3.63) is 64.4 Å². The molecular weight excluding hydrogens is 296 g/mol. The van der Waals surface area contributed by atoms with E-state index in [-0.39, 0.29) is 17.4 Å². The Balaban J connectivity index is 2.03. The molecule has 2 aromatic carbocycles. The van der Waals surface area contributed by atoms with Crippen LogP contribution in [0.1, 0.15) is 24.8 Å². The van der Waals surface area contributed by atoms with Crippen molar-refractivity contribution < 1.29 is 4.79 Å². The predicted octanol–water partition coefficient (Wildman–Crippen LogP) is 3.03. The van der Waals surface area contributed by atoms with Gasteiger partial charge in [0.25, 0.3) is 5.56 Å². The maximum atomic E-state index is 12.4. The van der Waals surface area contributed by atoms with Crippen molar-refractivity contribution in [3.63, 3.8) is 0 Å². The van der Waals surface area contributed by atoms with Gasteiger partial charge in [-0.05, 0) is 36.2 Å². The molecule has 0 aliphatic rings. The van der Waals surface area contributed by atoms with E-state index in [1.807, 2.05) is 55.5 Å². The molecule has 1 heterocycles. The van der Waals surface area contributed by atoms with Gasteiger partial charge in [-0.25, -0.2) is 3.96 Å². The van der Waals surface area contributed by atoms with Crippen molar-refractivity contribution in [2.45, 2.75) is 19.3 Å². The summed E-state index contributed by atoms with van der Waals surface area (Å²) in [6, 6.07) is 15.0. The lowest BCUT2D eigenvalue weighted by Gasteiger charge is -2.11. The Kier molecular flexibility index (Phi) is 3.81. The molecule has 0 saturated heterocycles. The molecule has 1 atom stereocenters. The molecule has 0 bridgehead atoms. The number of hydrogen-bond acceptors (Lipinski definition) is 3. The lowest BCUT2D eigenvalue weighted by Crippen LogP contribution is -2.20. The molecule has 1 unspecified atom stereocenters. The van der Waals surface area contributed by atoms with E-state index in [9.17, 15) is 9.59 Å². The zero-order valence-corrected chi connectivity index (χ0v) is 13.0. The summed E-state index contributed by atoms with van der Waals surface area (Å²) in [7, 11) is 0. The molecular formula is C17H16N2O2S. The number of carbonyl (C=O) groups excluding carboxylic acids is 1. The number of hydrogen-bond donors (Lipinski definition) is 1. The second-order valence-electron chi connectivity index (χ2n) is 5.14. The van der Waals surface area contributed by atoms with Crippen LogP contribution in [-0.2, 0) is 4.79 Å². The third kappa shape index (κ3) is 2.44. The second kappa shape index (κ2) is 5.77. The van der Waals surface area contributed by atoms with Gasteiger partial charge in [0.15, 0.2) is 0 Å². The van der Waals surface area contributed by atoms with Gasteiger partial charge in [0.2, 0.25) is 5.91 Å². The van der Waals surface area contributed by atoms with Crippen LogP contribution in [0.2, 0.25) is 0 Å². The SMILES string of the molecule is CCC(C(N)=O)c1ccc(-n2sc3ccccc3c2=O)cc1. The van der Waals surface area contributed by atoms with Gasteiger partial charge in [-0.15, -0.1) is 0 Å². The van der Waals surface area contributed by atoms with E-state index < -0.39 is 0 Å². The first-order valence-corrected chi connectivity index (χ1v) is 7.90. The standard InChI is InChI=1S/C17H16N2O2S/c1-2-13(16(18)20)11-7-9-12(10-8-11)19-17(21)14-5-3-4-6-15(14)22-19/h3-10,13H,2H2,1H3,(H2,18,20). The Morgan fingerprint density at radius 2 is 1.86 bits per heavy atom. The molecule has 2 N–H and O–H groups in total. The molecule has 0 spiro atoms. The summed E-state index contributed by atoms with van der Waals surface area (Å²) in [5, 5.41) is 0.722. The quantitative estimate of drug-likeness (QED) is 0.804. The van der Waals surface area contributed by atoms with Crippen LogP contribution in [0, 0.1) is 0 Å². The summed E-state index contributed by atoms with van der Waals surface area (Å²) >= 11 is 1.42. The first-order chi connectivity index (χ1) is 10.6. The van der Waals surface area contributed by atoms with Gasteiger partial charge in [0, 0.05) is 0 Å². The number of aromatic nitrogens is 1. The second-order valence-corrected chi connectivity index (χ2v) is 6.13. The van der Waals surface area contributed by atoms with E-state index in [0.717, 1.165) is 21.3 Å². The number of carbonyl (C=O) groups is 1. The van der Waals surface area contributed by atoms with Crippen LogP contribution in [0.25, 0.3) is 15.8 Å². The molecule has 1 aromatic heterocycles. The molecule has 0 fully saturated rings. The van der Waals surface area contributed by atoms with Gasteiger partial charge in [-0.3, -0.25) is 9.59 Å². The molecule has 22 heavy (non-hydrogen) atoms. The van der Waals surface area contributed by atoms with Crippen LogP contribution in [0.5, 0.6) is 0 Å². The van der Waals surface area contributed by atoms with Crippen LogP contribution < -0.4 is 11.3 Å². The van der Waals surface area contributed by atoms with Gasteiger partial charge >= 0.3 is 0 Å². The molecule has 1 amide bonds. The molecule has 0 aliphatic heterocycles. The third-order valence-corrected chi connectivity index (χ3v) is 4.89. The van der Waals surface area contributed by atoms with Crippen molar-refractivity contribution in [2.24, 2.45) is 5.73 Å². The Bertz CT molecular complexity index is 878. The van der Waals surface area contributed by atoms with Crippen LogP contribution in [0.3, 0.4) is 0 Å². The highest BCUT2D eigenvalue weighted by atomic mass is 32.1. The Morgan fingerprint density at radius 1 is 1.18 bits per heavy atom. The molecule has 0 saturated carbocycles. The maximum absolute atomic E-state index is 12.4. The van der Waals surface area contributed by atoms with E-state index in [0.29, 0.717) is 6.42 Å². The lowest BCUT2D eigenvalue weighted by molar-refractivity contribution is -0.119. The van der Waals surface area contributed by atoms with Crippen LogP contribution in [0.15, 0.2) is 53.3 Å². The first-order valence-electron chi connectivity index (χ1n) is 7.12. The highest BCUT2D eigenvalue weighted by Gasteiger charge is 2.16. The number of rotatable bonds is 4. The number of nitrogens with zero attached hydrogens (tertiary/aromatic N) is 1. The normalized spacial score (nSPS) is 12.4. The molecule has 112 valence electrons. The van der Waals surface area contributed by atoms with Gasteiger partial charge in [-0.1, -0.05) is 42.7 Å². The largest absolute Gasteiger partial charge is 0.369 e. The topological polar surface area (TPSA) is 65.1 Å². The summed E-state index contributed by atoms with van der Waals surface area (Å²) in [6.07, 6.45) is 0.664. The van der Waals surface area contributed by atoms with E-state index in [1.165, 1.54) is 11.5 Å². The highest BCUT2D eigenvalue weighted by Crippen LogP contribution is 2.23. The Hall–Kier alpha value is -2.40. The minimum absolute atomic E-state index is 0.0182. The van der Waals surface area contributed by atoms with Crippen LogP contribution in [-0.4, -0.2) is 9.86 Å². The number of amides is 1. The van der Waals surface area contributed by atoms with Crippen molar-refractivity contribution in [2.75, 3.05) is 0 Å². The number of nitrogens with two attached hydrogens (primary N) is 1. The monoisotopic (exact) mass is 312 g/mol. The minimum atomic E-state index is -0.325. The van der Waals surface area contributed by atoms with Gasteiger partial charge in [-0.2, -0.15) is 0 Å². The molecule has 0 aliphatic carbocycles. The maximum Gasteiger partial charge on any atom is 0.273 e. The van der Waals surface area contributed by atoms with Crippen molar-refractivity contribution in [3.8, 4) is 5.69 Å². The molecule has 3 aromatic rings. The smallest absolute Gasteiger partial charge is 0.273 e. The van der Waals surface area contributed by atoms with Gasteiger partial charge in [0.1, 0.15) is 0 Å². The van der Waals surface area contributed by atoms with E-state index in [4.69, 9.17) is 5.73 Å². The Morgan fingerprint density at radius 3 is 2.45 bits per heavy atom. The zero-order valence-electron chi connectivity index (χ0n) is 12.2. The fourth-order valence-electron chi connectivity index (χ4n) is 2.59. The van der Waals surface area contributed by atoms with E-state index in [1.54, 1.807) is 3.96 Å². The van der Waals surface area contributed by atoms with Crippen molar-refractivity contribution in [1.29, 1.82) is 0 Å². The zero-order chi connectivity index (χ0) is 15.7. The van der Waals surface area contributed by atoms with Crippen LogP contribution in [0.4, 0.5) is 0 Å². The van der Waals surface area contributed by atoms with Crippen molar-refractivity contribution >= 4 is 27.5 Å². The number of benzene rings is 2. The summed E-state index contributed by atoms with van der Waals surface area (Å²) in [4.78, 5) is 23.8. The summed E-state index contributed by atoms with van der Waals surface area (Å²) in [5.74, 6) is -0.609. The fraction of sp³-hybridized carbons (Fsp3) is 0.176. The molecule has 0 radical (unpaired) electrons. The minimum Gasteiger partial charge on any atom is -0.369 e. The molecule has 3 rings (SSSR count). The van der Waals surface area contributed by atoms with Crippen LogP contribution >= 0.6 is 11.5 Å². The third-order valence-electron chi connectivity index (χ3n) is 3.77. The van der Waals surface area contributed by atoms with Crippen molar-refractivity contribution in [1.82, 2.24) is 3.96 Å². The van der Waals surface area contributed by atoms with E-state index >= 15 is 0 Å². The lowest BCUT2D eigenvalue weighted by atomic mass is 9.96. The summed E-state index contributed by atoms with van der Waals surface area (Å²) in [5.41, 5.74) is 7.08. The Labute approximate surface area is 132 Å². The first kappa shape index (κ1) is 14.5. The van der Waals surface area contributed by atoms with Gasteiger partial charge in [0.05, 0.1) is 21.7 Å². The average Bonchev–Trinajstić information content (AvgIpc) is 2.86. The average molecular weight is 312 g/mol. The molecule has 5 heteroatoms.